The van der Waals surface area contributed by atoms with Crippen LogP contribution < -0.4 is 5.32 Å². The lowest BCUT2D eigenvalue weighted by Gasteiger charge is -2.33. The Labute approximate surface area is 133 Å². The quantitative estimate of drug-likeness (QED) is 0.923. The van der Waals surface area contributed by atoms with Gasteiger partial charge in [-0.15, -0.1) is 12.4 Å². The van der Waals surface area contributed by atoms with E-state index in [9.17, 15) is 4.79 Å². The topological polar surface area (TPSA) is 32.3 Å². The number of hydrogen-bond donors (Lipinski definition) is 1. The maximum absolute atomic E-state index is 12.3. The van der Waals surface area contributed by atoms with E-state index in [1.807, 2.05) is 30.3 Å². The van der Waals surface area contributed by atoms with Gasteiger partial charge >= 0.3 is 0 Å². The number of anilines is 1. The van der Waals surface area contributed by atoms with Gasteiger partial charge < -0.3 is 10.2 Å². The van der Waals surface area contributed by atoms with Crippen molar-refractivity contribution >= 4 is 24.0 Å². The van der Waals surface area contributed by atoms with Crippen molar-refractivity contribution in [3.05, 3.63) is 30.3 Å². The van der Waals surface area contributed by atoms with Crippen LogP contribution in [0.3, 0.4) is 0 Å². The molecular formula is C17H25ClN2O. The number of nitrogens with zero attached hydrogens (tertiary/aromatic N) is 1. The van der Waals surface area contributed by atoms with Gasteiger partial charge in [-0.25, -0.2) is 0 Å². The Kier molecular flexibility index (Phi) is 5.51. The van der Waals surface area contributed by atoms with E-state index in [2.05, 4.69) is 10.2 Å². The normalized spacial score (nSPS) is 20.1. The first-order valence-corrected chi connectivity index (χ1v) is 7.84. The third kappa shape index (κ3) is 3.91. The zero-order valence-electron chi connectivity index (χ0n) is 12.5. The molecule has 0 radical (unpaired) electrons. The number of benzene rings is 1. The van der Waals surface area contributed by atoms with E-state index in [1.54, 1.807) is 0 Å². The Morgan fingerprint density at radius 1 is 1.10 bits per heavy atom. The highest BCUT2D eigenvalue weighted by Gasteiger charge is 2.40. The zero-order valence-corrected chi connectivity index (χ0v) is 13.3. The second kappa shape index (κ2) is 7.17. The molecule has 1 aliphatic carbocycles. The molecule has 0 bridgehead atoms. The Morgan fingerprint density at radius 2 is 1.81 bits per heavy atom. The summed E-state index contributed by atoms with van der Waals surface area (Å²) in [6.07, 6.45) is 7.94. The highest BCUT2D eigenvalue weighted by atomic mass is 35.5. The molecule has 0 atom stereocenters. The van der Waals surface area contributed by atoms with Gasteiger partial charge in [-0.05, 0) is 36.8 Å². The van der Waals surface area contributed by atoms with Crippen molar-refractivity contribution in [3.8, 4) is 0 Å². The first kappa shape index (κ1) is 16.2. The molecule has 1 aliphatic heterocycles. The van der Waals surface area contributed by atoms with Crippen LogP contribution in [0.4, 0.5) is 5.69 Å². The number of nitrogens with one attached hydrogen (secondary N) is 1. The van der Waals surface area contributed by atoms with Crippen LogP contribution in [-0.2, 0) is 4.79 Å². The van der Waals surface area contributed by atoms with Crippen LogP contribution in [0.1, 0.15) is 38.5 Å². The Morgan fingerprint density at radius 3 is 2.52 bits per heavy atom. The molecule has 1 spiro atoms. The Bertz CT molecular complexity index is 457. The fourth-order valence-electron chi connectivity index (χ4n) is 3.70. The molecular weight excluding hydrogens is 284 g/mol. The molecule has 1 saturated heterocycles. The van der Waals surface area contributed by atoms with Gasteiger partial charge in [-0.3, -0.25) is 4.79 Å². The average molecular weight is 309 g/mol. The molecule has 0 unspecified atom stereocenters. The van der Waals surface area contributed by atoms with E-state index in [0.717, 1.165) is 18.8 Å². The third-order valence-corrected chi connectivity index (χ3v) is 4.92. The zero-order chi connectivity index (χ0) is 13.8. The monoisotopic (exact) mass is 308 g/mol. The number of para-hydroxylation sites is 1. The van der Waals surface area contributed by atoms with E-state index >= 15 is 0 Å². The van der Waals surface area contributed by atoms with Gasteiger partial charge in [0.25, 0.3) is 0 Å². The number of likely N-dealkylation sites (tertiary alicyclic amines) is 1. The largest absolute Gasteiger partial charge is 0.376 e. The predicted octanol–water partition coefficient (Wildman–Crippen LogP) is 3.70. The van der Waals surface area contributed by atoms with Crippen LogP contribution >= 0.6 is 12.4 Å². The van der Waals surface area contributed by atoms with Crippen molar-refractivity contribution < 1.29 is 4.79 Å². The highest BCUT2D eigenvalue weighted by molar-refractivity contribution is 5.85. The van der Waals surface area contributed by atoms with Gasteiger partial charge in [0.1, 0.15) is 0 Å². The molecule has 1 N–H and O–H groups in total. The van der Waals surface area contributed by atoms with Gasteiger partial charge in [0.05, 0.1) is 6.54 Å². The number of halogens is 1. The predicted molar refractivity (Wildman–Crippen MR) is 88.9 cm³/mol. The van der Waals surface area contributed by atoms with Gasteiger partial charge in [-0.2, -0.15) is 0 Å². The van der Waals surface area contributed by atoms with Crippen LogP contribution in [0.25, 0.3) is 0 Å². The van der Waals surface area contributed by atoms with Crippen LogP contribution in [0.2, 0.25) is 0 Å². The minimum Gasteiger partial charge on any atom is -0.376 e. The van der Waals surface area contributed by atoms with Crippen molar-refractivity contribution in [2.24, 2.45) is 5.41 Å². The Hall–Kier alpha value is -1.22. The lowest BCUT2D eigenvalue weighted by molar-refractivity contribution is -0.128. The van der Waals surface area contributed by atoms with E-state index < -0.39 is 0 Å². The summed E-state index contributed by atoms with van der Waals surface area (Å²) in [5, 5.41) is 3.22. The molecule has 1 aromatic rings. The number of amides is 1. The lowest BCUT2D eigenvalue weighted by atomic mass is 9.73. The minimum absolute atomic E-state index is 0. The molecule has 1 heterocycles. The molecule has 0 aromatic heterocycles. The number of carbonyl (C=O) groups excluding carboxylic acids is 1. The van der Waals surface area contributed by atoms with Crippen molar-refractivity contribution in [1.82, 2.24) is 4.90 Å². The van der Waals surface area contributed by atoms with Crippen LogP contribution in [0, 0.1) is 5.41 Å². The first-order chi connectivity index (χ1) is 9.77. The van der Waals surface area contributed by atoms with Gasteiger partial charge in [-0.1, -0.05) is 37.5 Å². The van der Waals surface area contributed by atoms with Gasteiger partial charge in [0, 0.05) is 18.8 Å². The van der Waals surface area contributed by atoms with E-state index in [1.165, 1.54) is 38.5 Å². The second-order valence-corrected chi connectivity index (χ2v) is 6.35. The van der Waals surface area contributed by atoms with Crippen LogP contribution in [-0.4, -0.2) is 30.4 Å². The summed E-state index contributed by atoms with van der Waals surface area (Å²) in [6, 6.07) is 9.96. The molecule has 1 aromatic carbocycles. The van der Waals surface area contributed by atoms with Gasteiger partial charge in [0.2, 0.25) is 5.91 Å². The summed E-state index contributed by atoms with van der Waals surface area (Å²) < 4.78 is 0. The fourth-order valence-corrected chi connectivity index (χ4v) is 3.70. The van der Waals surface area contributed by atoms with Crippen LogP contribution in [0.15, 0.2) is 30.3 Å². The maximum atomic E-state index is 12.3. The van der Waals surface area contributed by atoms with E-state index in [0.29, 0.717) is 12.0 Å². The molecule has 116 valence electrons. The summed E-state index contributed by atoms with van der Waals surface area (Å²) >= 11 is 0. The number of hydrogen-bond acceptors (Lipinski definition) is 2. The smallest absolute Gasteiger partial charge is 0.241 e. The summed E-state index contributed by atoms with van der Waals surface area (Å²) in [7, 11) is 0. The lowest BCUT2D eigenvalue weighted by Crippen LogP contribution is -2.36. The maximum Gasteiger partial charge on any atom is 0.241 e. The van der Waals surface area contributed by atoms with Crippen molar-refractivity contribution in [3.63, 3.8) is 0 Å². The van der Waals surface area contributed by atoms with Crippen molar-refractivity contribution in [1.29, 1.82) is 0 Å². The van der Waals surface area contributed by atoms with Gasteiger partial charge in [0.15, 0.2) is 0 Å². The molecule has 1 amide bonds. The average Bonchev–Trinajstić information content (AvgIpc) is 2.90. The molecule has 3 rings (SSSR count). The molecule has 2 fully saturated rings. The second-order valence-electron chi connectivity index (χ2n) is 6.35. The highest BCUT2D eigenvalue weighted by Crippen LogP contribution is 2.43. The van der Waals surface area contributed by atoms with Crippen LogP contribution in [0.5, 0.6) is 0 Å². The molecule has 21 heavy (non-hydrogen) atoms. The molecule has 4 heteroatoms. The fraction of sp³-hybridized carbons (Fsp3) is 0.588. The molecule has 3 nitrogen and oxygen atoms in total. The SMILES string of the molecule is Cl.O=C(CNc1ccccc1)N1CCC2(CCCCC2)C1. The Balaban J connectivity index is 0.00000161. The standard InChI is InChI=1S/C17H24N2O.ClH/c20-16(13-18-15-7-3-1-4-8-15)19-12-11-17(14-19)9-5-2-6-10-17;/h1,3-4,7-8,18H,2,5-6,9-14H2;1H. The first-order valence-electron chi connectivity index (χ1n) is 7.84. The molecule has 2 aliphatic rings. The third-order valence-electron chi connectivity index (χ3n) is 4.92. The summed E-state index contributed by atoms with van der Waals surface area (Å²) in [5.41, 5.74) is 1.48. The van der Waals surface area contributed by atoms with E-state index in [4.69, 9.17) is 0 Å². The van der Waals surface area contributed by atoms with E-state index in [-0.39, 0.29) is 18.3 Å². The summed E-state index contributed by atoms with van der Waals surface area (Å²) in [6.45, 7) is 2.36. The molecule has 1 saturated carbocycles. The number of carbonyl (C=O) groups is 1. The summed E-state index contributed by atoms with van der Waals surface area (Å²) in [5.74, 6) is 0.247. The summed E-state index contributed by atoms with van der Waals surface area (Å²) in [4.78, 5) is 14.4. The number of rotatable bonds is 3. The minimum atomic E-state index is 0. The van der Waals surface area contributed by atoms with Crippen molar-refractivity contribution in [2.45, 2.75) is 38.5 Å². The van der Waals surface area contributed by atoms with Crippen molar-refractivity contribution in [2.75, 3.05) is 25.0 Å².